The zero-order chi connectivity index (χ0) is 24.9. The van der Waals surface area contributed by atoms with Crippen LogP contribution in [0.1, 0.15) is 51.0 Å². The molecule has 0 aliphatic heterocycles. The minimum absolute atomic E-state index is 0.0186. The van der Waals surface area contributed by atoms with E-state index in [9.17, 15) is 13.2 Å². The molecule has 3 aromatic rings. The summed E-state index contributed by atoms with van der Waals surface area (Å²) < 4.78 is 36.4. The largest absolute Gasteiger partial charge is 0.493 e. The number of aromatic nitrogens is 2. The number of hydrogen-bond acceptors (Lipinski definition) is 6. The SMILES string of the molecule is CCCn1c(CCC(=O)NC(C)c2ccc(OCC)c(OC)c2)nc2cc(S(N)(=O)=O)ccc21. The number of fused-ring (bicyclic) bond motifs is 1. The average Bonchev–Trinajstić information content (AvgIpc) is 3.14. The van der Waals surface area contributed by atoms with Gasteiger partial charge in [-0.1, -0.05) is 13.0 Å². The first-order valence-corrected chi connectivity index (χ1v) is 12.8. The Morgan fingerprint density at radius 2 is 1.94 bits per heavy atom. The molecule has 0 aliphatic carbocycles. The predicted octanol–water partition coefficient (Wildman–Crippen LogP) is 3.31. The molecule has 0 radical (unpaired) electrons. The molecule has 0 bridgehead atoms. The van der Waals surface area contributed by atoms with E-state index in [1.54, 1.807) is 13.2 Å². The number of rotatable bonds is 11. The Balaban J connectivity index is 1.72. The fourth-order valence-corrected chi connectivity index (χ4v) is 4.38. The normalized spacial score (nSPS) is 12.5. The first-order chi connectivity index (χ1) is 16.2. The molecular formula is C24H32N4O5S. The highest BCUT2D eigenvalue weighted by Gasteiger charge is 2.17. The van der Waals surface area contributed by atoms with E-state index < -0.39 is 10.0 Å². The Kier molecular flexibility index (Phi) is 8.16. The van der Waals surface area contributed by atoms with Crippen molar-refractivity contribution in [3.05, 3.63) is 47.8 Å². The topological polar surface area (TPSA) is 126 Å². The Labute approximate surface area is 200 Å². The van der Waals surface area contributed by atoms with Gasteiger partial charge in [0.15, 0.2) is 11.5 Å². The minimum Gasteiger partial charge on any atom is -0.493 e. The fraction of sp³-hybridized carbons (Fsp3) is 0.417. The van der Waals surface area contributed by atoms with E-state index in [1.165, 1.54) is 12.1 Å². The molecule has 9 nitrogen and oxygen atoms in total. The highest BCUT2D eigenvalue weighted by atomic mass is 32.2. The van der Waals surface area contributed by atoms with Gasteiger partial charge in [-0.3, -0.25) is 4.79 Å². The molecule has 10 heteroatoms. The van der Waals surface area contributed by atoms with Crippen LogP contribution in [0.2, 0.25) is 0 Å². The second-order valence-corrected chi connectivity index (χ2v) is 9.57. The number of methoxy groups -OCH3 is 1. The molecule has 1 heterocycles. The smallest absolute Gasteiger partial charge is 0.238 e. The summed E-state index contributed by atoms with van der Waals surface area (Å²) in [5.74, 6) is 1.90. The number of ether oxygens (including phenoxy) is 2. The molecule has 3 rings (SSSR count). The van der Waals surface area contributed by atoms with E-state index in [1.807, 2.05) is 43.5 Å². The lowest BCUT2D eigenvalue weighted by molar-refractivity contribution is -0.121. The first kappa shape index (κ1) is 25.5. The van der Waals surface area contributed by atoms with Crippen LogP contribution in [-0.2, 0) is 27.8 Å². The summed E-state index contributed by atoms with van der Waals surface area (Å²) in [4.78, 5) is 17.3. The van der Waals surface area contributed by atoms with Crippen LogP contribution >= 0.6 is 0 Å². The number of hydrogen-bond donors (Lipinski definition) is 2. The van der Waals surface area contributed by atoms with Crippen LogP contribution in [0.3, 0.4) is 0 Å². The van der Waals surface area contributed by atoms with Crippen LogP contribution in [0.25, 0.3) is 11.0 Å². The van der Waals surface area contributed by atoms with E-state index in [0.717, 1.165) is 23.3 Å². The van der Waals surface area contributed by atoms with E-state index in [0.29, 0.717) is 36.6 Å². The summed E-state index contributed by atoms with van der Waals surface area (Å²) in [5.41, 5.74) is 2.27. The summed E-state index contributed by atoms with van der Waals surface area (Å²) in [6.45, 7) is 7.12. The van der Waals surface area contributed by atoms with Gasteiger partial charge in [-0.25, -0.2) is 18.5 Å². The van der Waals surface area contributed by atoms with Gasteiger partial charge >= 0.3 is 0 Å². The lowest BCUT2D eigenvalue weighted by atomic mass is 10.1. The van der Waals surface area contributed by atoms with Crippen molar-refractivity contribution >= 4 is 27.0 Å². The number of nitrogens with one attached hydrogen (secondary N) is 1. The third-order valence-corrected chi connectivity index (χ3v) is 6.43. The second-order valence-electron chi connectivity index (χ2n) is 8.01. The predicted molar refractivity (Wildman–Crippen MR) is 130 cm³/mol. The van der Waals surface area contributed by atoms with Gasteiger partial charge in [-0.05, 0) is 56.2 Å². The van der Waals surface area contributed by atoms with Crippen LogP contribution in [0, 0.1) is 0 Å². The van der Waals surface area contributed by atoms with E-state index in [4.69, 9.17) is 14.6 Å². The van der Waals surface area contributed by atoms with Crippen molar-refractivity contribution in [1.82, 2.24) is 14.9 Å². The van der Waals surface area contributed by atoms with Crippen molar-refractivity contribution in [3.63, 3.8) is 0 Å². The lowest BCUT2D eigenvalue weighted by Crippen LogP contribution is -2.27. The zero-order valence-electron chi connectivity index (χ0n) is 20.0. The van der Waals surface area contributed by atoms with Gasteiger partial charge in [0.05, 0.1) is 35.7 Å². The molecule has 1 unspecified atom stereocenters. The molecule has 2 aromatic carbocycles. The Morgan fingerprint density at radius 1 is 1.18 bits per heavy atom. The summed E-state index contributed by atoms with van der Waals surface area (Å²) in [7, 11) is -2.23. The van der Waals surface area contributed by atoms with Crippen molar-refractivity contribution in [3.8, 4) is 11.5 Å². The molecule has 0 fully saturated rings. The number of imidazole rings is 1. The number of nitrogens with two attached hydrogens (primary N) is 1. The first-order valence-electron chi connectivity index (χ1n) is 11.3. The third-order valence-electron chi connectivity index (χ3n) is 5.52. The summed E-state index contributed by atoms with van der Waals surface area (Å²) in [6, 6.07) is 10.0. The molecule has 1 amide bonds. The number of sulfonamides is 1. The molecule has 1 atom stereocenters. The van der Waals surface area contributed by atoms with Crippen molar-refractivity contribution in [2.24, 2.45) is 5.14 Å². The van der Waals surface area contributed by atoms with Gasteiger partial charge in [0.25, 0.3) is 0 Å². The number of carbonyl (C=O) groups excluding carboxylic acids is 1. The number of nitrogens with zero attached hydrogens (tertiary/aromatic N) is 2. The van der Waals surface area contributed by atoms with Crippen LogP contribution in [0.15, 0.2) is 41.3 Å². The zero-order valence-corrected chi connectivity index (χ0v) is 20.8. The Bertz CT molecular complexity index is 1270. The summed E-state index contributed by atoms with van der Waals surface area (Å²) in [5, 5.41) is 8.27. The molecule has 0 saturated heterocycles. The molecule has 1 aromatic heterocycles. The van der Waals surface area contributed by atoms with E-state index >= 15 is 0 Å². The molecule has 0 aliphatic rings. The maximum atomic E-state index is 12.7. The maximum absolute atomic E-state index is 12.7. The standard InChI is InChI=1S/C24H32N4O5S/c1-5-13-28-20-9-8-18(34(25,30)31)15-19(20)27-23(28)11-12-24(29)26-16(3)17-7-10-21(33-6-2)22(14-17)32-4/h7-10,14-16H,5-6,11-13H2,1-4H3,(H,26,29)(H2,25,30,31). The van der Waals surface area contributed by atoms with Crippen LogP contribution in [0.4, 0.5) is 0 Å². The van der Waals surface area contributed by atoms with Gasteiger partial charge in [-0.2, -0.15) is 0 Å². The number of aryl methyl sites for hydroxylation is 2. The van der Waals surface area contributed by atoms with Crippen LogP contribution in [-0.4, -0.2) is 37.6 Å². The lowest BCUT2D eigenvalue weighted by Gasteiger charge is -2.17. The van der Waals surface area contributed by atoms with Crippen molar-refractivity contribution in [2.45, 2.75) is 57.5 Å². The quantitative estimate of drug-likeness (QED) is 0.426. The van der Waals surface area contributed by atoms with Crippen LogP contribution in [0.5, 0.6) is 11.5 Å². The van der Waals surface area contributed by atoms with Crippen molar-refractivity contribution in [1.29, 1.82) is 0 Å². The second kappa shape index (κ2) is 10.9. The summed E-state index contributed by atoms with van der Waals surface area (Å²) in [6.07, 6.45) is 1.54. The van der Waals surface area contributed by atoms with Crippen LogP contribution < -0.4 is 19.9 Å². The summed E-state index contributed by atoms with van der Waals surface area (Å²) >= 11 is 0. The monoisotopic (exact) mass is 488 g/mol. The Hall–Kier alpha value is -3.11. The molecule has 0 spiro atoms. The Morgan fingerprint density at radius 3 is 2.59 bits per heavy atom. The highest BCUT2D eigenvalue weighted by molar-refractivity contribution is 7.89. The van der Waals surface area contributed by atoms with Gasteiger partial charge < -0.3 is 19.4 Å². The van der Waals surface area contributed by atoms with Gasteiger partial charge in [0.2, 0.25) is 15.9 Å². The fourth-order valence-electron chi connectivity index (χ4n) is 3.85. The molecule has 0 saturated carbocycles. The van der Waals surface area contributed by atoms with Crippen molar-refractivity contribution in [2.75, 3.05) is 13.7 Å². The maximum Gasteiger partial charge on any atom is 0.238 e. The number of benzene rings is 2. The molecular weight excluding hydrogens is 456 g/mol. The minimum atomic E-state index is -3.82. The molecule has 3 N–H and O–H groups in total. The van der Waals surface area contributed by atoms with E-state index in [2.05, 4.69) is 10.3 Å². The average molecular weight is 489 g/mol. The molecule has 184 valence electrons. The van der Waals surface area contributed by atoms with Gasteiger partial charge in [0, 0.05) is 19.4 Å². The number of primary sulfonamides is 1. The highest BCUT2D eigenvalue weighted by Crippen LogP contribution is 2.30. The van der Waals surface area contributed by atoms with E-state index in [-0.39, 0.29) is 23.3 Å². The van der Waals surface area contributed by atoms with Gasteiger partial charge in [0.1, 0.15) is 5.82 Å². The number of carbonyl (C=O) groups is 1. The van der Waals surface area contributed by atoms with Crippen molar-refractivity contribution < 1.29 is 22.7 Å². The third kappa shape index (κ3) is 5.87. The number of amides is 1. The van der Waals surface area contributed by atoms with Gasteiger partial charge in [-0.15, -0.1) is 0 Å². The molecule has 34 heavy (non-hydrogen) atoms.